The smallest absolute Gasteiger partial charge is 0.264 e. The predicted molar refractivity (Wildman–Crippen MR) is 181 cm³/mol. The molecule has 4 aromatic carbocycles. The molecule has 0 fully saturated rings. The first-order chi connectivity index (χ1) is 21.3. The van der Waals surface area contributed by atoms with Crippen LogP contribution in [-0.2, 0) is 32.6 Å². The van der Waals surface area contributed by atoms with Crippen LogP contribution in [0.5, 0.6) is 0 Å². The zero-order valence-electron chi connectivity index (χ0n) is 25.1. The van der Waals surface area contributed by atoms with E-state index in [0.29, 0.717) is 10.6 Å². The van der Waals surface area contributed by atoms with Gasteiger partial charge in [-0.1, -0.05) is 95.0 Å². The Morgan fingerprint density at radius 2 is 1.42 bits per heavy atom. The molecule has 0 aromatic heterocycles. The van der Waals surface area contributed by atoms with Crippen molar-refractivity contribution in [3.63, 3.8) is 0 Å². The second kappa shape index (κ2) is 15.1. The summed E-state index contributed by atoms with van der Waals surface area (Å²) in [5, 5.41) is 3.77. The third-order valence-electron chi connectivity index (χ3n) is 7.03. The lowest BCUT2D eigenvalue weighted by molar-refractivity contribution is -0.140. The number of hydrogen-bond acceptors (Lipinski definition) is 4. The van der Waals surface area contributed by atoms with Crippen LogP contribution in [0.4, 0.5) is 5.69 Å². The molecule has 1 N–H and O–H groups in total. The number of rotatable bonds is 12. The number of carbonyl (C=O) groups is 2. The second-order valence-corrected chi connectivity index (χ2v) is 14.1. The van der Waals surface area contributed by atoms with Crippen LogP contribution < -0.4 is 9.62 Å². The molecule has 0 heterocycles. The van der Waals surface area contributed by atoms with Crippen LogP contribution in [0.15, 0.2) is 102 Å². The van der Waals surface area contributed by atoms with E-state index in [1.165, 1.54) is 35.2 Å². The summed E-state index contributed by atoms with van der Waals surface area (Å²) >= 11 is 18.9. The van der Waals surface area contributed by atoms with Gasteiger partial charge in [0.15, 0.2) is 0 Å². The van der Waals surface area contributed by atoms with Gasteiger partial charge in [0.1, 0.15) is 12.6 Å². The summed E-state index contributed by atoms with van der Waals surface area (Å²) in [6, 6.07) is 25.8. The largest absolute Gasteiger partial charge is 0.352 e. The predicted octanol–water partition coefficient (Wildman–Crippen LogP) is 7.32. The third kappa shape index (κ3) is 9.01. The number of carbonyl (C=O) groups excluding carboxylic acids is 2. The molecule has 0 aliphatic carbocycles. The fraction of sp³-hybridized carbons (Fsp3) is 0.235. The summed E-state index contributed by atoms with van der Waals surface area (Å²) in [5.74, 6) is -0.985. The summed E-state index contributed by atoms with van der Waals surface area (Å²) in [6.45, 7) is 4.87. The molecule has 4 rings (SSSR count). The highest BCUT2D eigenvalue weighted by atomic mass is 35.5. The van der Waals surface area contributed by atoms with Gasteiger partial charge in [-0.3, -0.25) is 13.9 Å². The lowest BCUT2D eigenvalue weighted by Gasteiger charge is -2.34. The van der Waals surface area contributed by atoms with E-state index in [9.17, 15) is 18.0 Å². The molecule has 11 heteroatoms. The van der Waals surface area contributed by atoms with Gasteiger partial charge in [0.05, 0.1) is 15.6 Å². The van der Waals surface area contributed by atoms with Crippen LogP contribution in [0.25, 0.3) is 0 Å². The van der Waals surface area contributed by atoms with E-state index < -0.39 is 28.5 Å². The molecule has 0 radical (unpaired) electrons. The maximum absolute atomic E-state index is 14.5. The van der Waals surface area contributed by atoms with Crippen LogP contribution >= 0.6 is 34.8 Å². The molecule has 2 amide bonds. The highest BCUT2D eigenvalue weighted by Gasteiger charge is 2.35. The lowest BCUT2D eigenvalue weighted by atomic mass is 10.0. The van der Waals surface area contributed by atoms with Gasteiger partial charge in [0.2, 0.25) is 11.8 Å². The van der Waals surface area contributed by atoms with Gasteiger partial charge in [-0.05, 0) is 74.4 Å². The molecule has 0 spiro atoms. The van der Waals surface area contributed by atoms with Crippen LogP contribution in [0.2, 0.25) is 15.1 Å². The zero-order valence-corrected chi connectivity index (χ0v) is 28.2. The fourth-order valence-electron chi connectivity index (χ4n) is 4.75. The van der Waals surface area contributed by atoms with E-state index in [-0.39, 0.29) is 45.5 Å². The first-order valence-electron chi connectivity index (χ1n) is 14.3. The van der Waals surface area contributed by atoms with Crippen molar-refractivity contribution in [1.29, 1.82) is 0 Å². The Bertz CT molecular complexity index is 1730. The van der Waals surface area contributed by atoms with Crippen molar-refractivity contribution < 1.29 is 18.0 Å². The van der Waals surface area contributed by atoms with Gasteiger partial charge in [0.25, 0.3) is 10.0 Å². The molecular weight excluding hydrogens is 653 g/mol. The van der Waals surface area contributed by atoms with Crippen molar-refractivity contribution in [1.82, 2.24) is 10.2 Å². The second-order valence-electron chi connectivity index (χ2n) is 10.9. The molecule has 4 aromatic rings. The van der Waals surface area contributed by atoms with Gasteiger partial charge < -0.3 is 10.2 Å². The number of hydrogen-bond donors (Lipinski definition) is 1. The minimum absolute atomic E-state index is 0.0146. The van der Waals surface area contributed by atoms with Gasteiger partial charge in [-0.2, -0.15) is 0 Å². The fourth-order valence-corrected chi connectivity index (χ4v) is 6.74. The number of benzene rings is 4. The standard InChI is InChI=1S/C34H34Cl3N3O4S/c1-23(2)38-34(42)32(19-25-7-5-4-6-8-25)39(21-26-11-13-27(35)14-12-26)33(41)22-40(31-20-28(36)15-18-30(31)37)45(43,44)29-16-9-24(3)10-17-29/h4-18,20,23,32H,19,21-22H2,1-3H3,(H,38,42). The van der Waals surface area contributed by atoms with Crippen molar-refractivity contribution >= 4 is 62.3 Å². The van der Waals surface area contributed by atoms with Crippen molar-refractivity contribution in [2.24, 2.45) is 0 Å². The van der Waals surface area contributed by atoms with Crippen LogP contribution in [-0.4, -0.2) is 43.8 Å². The molecule has 1 unspecified atom stereocenters. The number of nitrogens with one attached hydrogen (secondary N) is 1. The first-order valence-corrected chi connectivity index (χ1v) is 16.8. The molecule has 0 aliphatic heterocycles. The summed E-state index contributed by atoms with van der Waals surface area (Å²) < 4.78 is 29.3. The molecule has 1 atom stereocenters. The quantitative estimate of drug-likeness (QED) is 0.169. The molecule has 0 saturated carbocycles. The van der Waals surface area contributed by atoms with Gasteiger partial charge in [-0.25, -0.2) is 8.42 Å². The van der Waals surface area contributed by atoms with Gasteiger partial charge >= 0.3 is 0 Å². The molecule has 0 saturated heterocycles. The van der Waals surface area contributed by atoms with Crippen molar-refractivity contribution in [2.75, 3.05) is 10.8 Å². The Kier molecular flexibility index (Phi) is 11.6. The monoisotopic (exact) mass is 685 g/mol. The average Bonchev–Trinajstić information content (AvgIpc) is 3.00. The van der Waals surface area contributed by atoms with E-state index in [0.717, 1.165) is 15.4 Å². The van der Waals surface area contributed by atoms with Gasteiger partial charge in [-0.15, -0.1) is 0 Å². The number of sulfonamides is 1. The van der Waals surface area contributed by atoms with E-state index in [2.05, 4.69) is 5.32 Å². The molecule has 45 heavy (non-hydrogen) atoms. The summed E-state index contributed by atoms with van der Waals surface area (Å²) in [5.41, 5.74) is 2.44. The van der Waals surface area contributed by atoms with Gasteiger partial charge in [0, 0.05) is 29.1 Å². The topological polar surface area (TPSA) is 86.8 Å². The highest BCUT2D eigenvalue weighted by molar-refractivity contribution is 7.92. The zero-order chi connectivity index (χ0) is 32.7. The number of amides is 2. The molecule has 0 bridgehead atoms. The Balaban J connectivity index is 1.83. The Morgan fingerprint density at radius 1 is 0.800 bits per heavy atom. The minimum Gasteiger partial charge on any atom is -0.352 e. The maximum Gasteiger partial charge on any atom is 0.264 e. The number of nitrogens with zero attached hydrogens (tertiary/aromatic N) is 2. The van der Waals surface area contributed by atoms with Crippen LogP contribution in [0.3, 0.4) is 0 Å². The molecule has 7 nitrogen and oxygen atoms in total. The minimum atomic E-state index is -4.32. The van der Waals surface area contributed by atoms with Crippen molar-refractivity contribution in [3.8, 4) is 0 Å². The van der Waals surface area contributed by atoms with Crippen LogP contribution in [0.1, 0.15) is 30.5 Å². The molecular formula is C34H34Cl3N3O4S. The molecule has 236 valence electrons. The van der Waals surface area contributed by atoms with E-state index >= 15 is 0 Å². The summed E-state index contributed by atoms with van der Waals surface area (Å²) in [7, 11) is -4.32. The van der Waals surface area contributed by atoms with E-state index in [1.54, 1.807) is 36.4 Å². The summed E-state index contributed by atoms with van der Waals surface area (Å²) in [6.07, 6.45) is 0.196. The number of anilines is 1. The number of aryl methyl sites for hydroxylation is 1. The summed E-state index contributed by atoms with van der Waals surface area (Å²) in [4.78, 5) is 29.6. The number of halogens is 3. The SMILES string of the molecule is Cc1ccc(S(=O)(=O)N(CC(=O)N(Cc2ccc(Cl)cc2)C(Cc2ccccc2)C(=O)NC(C)C)c2cc(Cl)ccc2Cl)cc1. The van der Waals surface area contributed by atoms with Crippen LogP contribution in [0, 0.1) is 6.92 Å². The average molecular weight is 687 g/mol. The maximum atomic E-state index is 14.5. The van der Waals surface area contributed by atoms with Crippen molar-refractivity contribution in [3.05, 3.63) is 129 Å². The lowest BCUT2D eigenvalue weighted by Crippen LogP contribution is -2.54. The van der Waals surface area contributed by atoms with E-state index in [4.69, 9.17) is 34.8 Å². The first kappa shape index (κ1) is 34.3. The molecule has 0 aliphatic rings. The Hall–Kier alpha value is -3.56. The Morgan fingerprint density at radius 3 is 2.04 bits per heavy atom. The third-order valence-corrected chi connectivity index (χ3v) is 9.61. The Labute approximate surface area is 279 Å². The highest BCUT2D eigenvalue weighted by Crippen LogP contribution is 2.33. The van der Waals surface area contributed by atoms with E-state index in [1.807, 2.05) is 51.1 Å². The normalized spacial score (nSPS) is 12.1. The van der Waals surface area contributed by atoms with Crippen molar-refractivity contribution in [2.45, 2.75) is 50.7 Å².